The number of Topliss-reactive ketones (excluding diaryl/α,β-unsaturated/α-hetero) is 1. The van der Waals surface area contributed by atoms with Gasteiger partial charge in [0.25, 0.3) is 0 Å². The van der Waals surface area contributed by atoms with Crippen molar-refractivity contribution in [3.05, 3.63) is 0 Å². The minimum absolute atomic E-state index is 0.00637. The van der Waals surface area contributed by atoms with Gasteiger partial charge in [-0.05, 0) is 19.3 Å². The second-order valence-corrected chi connectivity index (χ2v) is 6.38. The molecule has 0 fully saturated rings. The summed E-state index contributed by atoms with van der Waals surface area (Å²) >= 11 is 0. The number of esters is 1. The number of aliphatic hydroxyl groups is 1. The van der Waals surface area contributed by atoms with Crippen LogP contribution < -0.4 is 0 Å². The van der Waals surface area contributed by atoms with Gasteiger partial charge in [-0.1, -0.05) is 64.7 Å². The van der Waals surface area contributed by atoms with Gasteiger partial charge in [-0.3, -0.25) is 9.59 Å². The Labute approximate surface area is 142 Å². The summed E-state index contributed by atoms with van der Waals surface area (Å²) in [5.41, 5.74) is 0. The highest BCUT2D eigenvalue weighted by Gasteiger charge is 2.13. The first-order chi connectivity index (χ1) is 11.1. The van der Waals surface area contributed by atoms with Gasteiger partial charge in [-0.2, -0.15) is 0 Å². The number of methoxy groups -OCH3 is 1. The minimum atomic E-state index is -0.763. The molecule has 136 valence electrons. The van der Waals surface area contributed by atoms with Gasteiger partial charge in [0, 0.05) is 12.8 Å². The molecule has 0 heterocycles. The van der Waals surface area contributed by atoms with E-state index < -0.39 is 6.10 Å². The number of ether oxygens (including phenoxy) is 1. The second-order valence-electron chi connectivity index (χ2n) is 6.38. The lowest BCUT2D eigenvalue weighted by Crippen LogP contribution is -2.19. The van der Waals surface area contributed by atoms with E-state index in [1.807, 2.05) is 0 Å². The number of rotatable bonds is 16. The van der Waals surface area contributed by atoms with Crippen LogP contribution in [0.25, 0.3) is 0 Å². The number of aliphatic hydroxyl groups excluding tert-OH is 1. The molecule has 0 aromatic carbocycles. The molecule has 4 nitrogen and oxygen atoms in total. The first kappa shape index (κ1) is 22.1. The van der Waals surface area contributed by atoms with E-state index in [1.54, 1.807) is 0 Å². The Hall–Kier alpha value is -0.900. The average molecular weight is 328 g/mol. The monoisotopic (exact) mass is 328 g/mol. The molecule has 0 spiro atoms. The Morgan fingerprint density at radius 2 is 1.35 bits per heavy atom. The molecule has 0 rings (SSSR count). The average Bonchev–Trinajstić information content (AvgIpc) is 2.56. The van der Waals surface area contributed by atoms with E-state index in [1.165, 1.54) is 32.8 Å². The lowest BCUT2D eigenvalue weighted by atomic mass is 10.0. The van der Waals surface area contributed by atoms with Gasteiger partial charge in [0.1, 0.15) is 6.10 Å². The zero-order valence-corrected chi connectivity index (χ0v) is 15.1. The first-order valence-electron chi connectivity index (χ1n) is 9.39. The summed E-state index contributed by atoms with van der Waals surface area (Å²) in [5.74, 6) is -0.161. The zero-order chi connectivity index (χ0) is 17.3. The molecular formula is C19H36O4. The van der Waals surface area contributed by atoms with Crippen molar-refractivity contribution in [2.24, 2.45) is 0 Å². The topological polar surface area (TPSA) is 63.6 Å². The predicted molar refractivity (Wildman–Crippen MR) is 93.3 cm³/mol. The van der Waals surface area contributed by atoms with Crippen LogP contribution in [0.3, 0.4) is 0 Å². The Kier molecular flexibility index (Phi) is 15.4. The molecule has 0 unspecified atom stereocenters. The summed E-state index contributed by atoms with van der Waals surface area (Å²) in [7, 11) is 1.41. The summed E-state index contributed by atoms with van der Waals surface area (Å²) in [6, 6.07) is 0. The number of hydrogen-bond donors (Lipinski definition) is 1. The highest BCUT2D eigenvalue weighted by Crippen LogP contribution is 2.12. The van der Waals surface area contributed by atoms with E-state index >= 15 is 0 Å². The molecule has 23 heavy (non-hydrogen) atoms. The van der Waals surface area contributed by atoms with E-state index in [0.717, 1.165) is 44.9 Å². The summed E-state index contributed by atoms with van der Waals surface area (Å²) in [5, 5.41) is 9.85. The second kappa shape index (κ2) is 16.0. The molecular weight excluding hydrogens is 292 g/mol. The van der Waals surface area contributed by atoms with Crippen LogP contribution in [0.2, 0.25) is 0 Å². The maximum atomic E-state index is 11.8. The Balaban J connectivity index is 3.42. The van der Waals surface area contributed by atoms with E-state index in [2.05, 4.69) is 11.7 Å². The van der Waals surface area contributed by atoms with Crippen LogP contribution in [-0.4, -0.2) is 30.1 Å². The quantitative estimate of drug-likeness (QED) is 0.333. The lowest BCUT2D eigenvalue weighted by molar-refractivity contribution is -0.140. The number of ketones is 1. The molecule has 1 N–H and O–H groups in total. The molecule has 0 amide bonds. The van der Waals surface area contributed by atoms with Crippen LogP contribution in [0.4, 0.5) is 0 Å². The molecule has 0 aromatic heterocycles. The third kappa shape index (κ3) is 14.4. The van der Waals surface area contributed by atoms with E-state index in [-0.39, 0.29) is 11.8 Å². The lowest BCUT2D eigenvalue weighted by Gasteiger charge is -2.09. The van der Waals surface area contributed by atoms with Crippen LogP contribution in [-0.2, 0) is 14.3 Å². The van der Waals surface area contributed by atoms with E-state index in [4.69, 9.17) is 0 Å². The smallest absolute Gasteiger partial charge is 0.305 e. The van der Waals surface area contributed by atoms with Gasteiger partial charge < -0.3 is 9.84 Å². The molecule has 1 atom stereocenters. The Bertz CT molecular complexity index is 302. The highest BCUT2D eigenvalue weighted by molar-refractivity contribution is 5.82. The van der Waals surface area contributed by atoms with Crippen molar-refractivity contribution < 1.29 is 19.4 Å². The molecule has 0 saturated carbocycles. The largest absolute Gasteiger partial charge is 0.469 e. The third-order valence-corrected chi connectivity index (χ3v) is 4.23. The van der Waals surface area contributed by atoms with Crippen molar-refractivity contribution in [1.29, 1.82) is 0 Å². The highest BCUT2D eigenvalue weighted by atomic mass is 16.5. The van der Waals surface area contributed by atoms with Crippen molar-refractivity contribution in [1.82, 2.24) is 0 Å². The standard InChI is InChI=1S/C19H36O4/c1-3-4-5-6-8-11-14-17(20)18(21)15-12-9-7-10-13-16-19(22)23-2/h17,20H,3-16H2,1-2H3/t17-/m1/s1. The van der Waals surface area contributed by atoms with E-state index in [0.29, 0.717) is 19.3 Å². The maximum Gasteiger partial charge on any atom is 0.305 e. The third-order valence-electron chi connectivity index (χ3n) is 4.23. The van der Waals surface area contributed by atoms with Crippen molar-refractivity contribution >= 4 is 11.8 Å². The van der Waals surface area contributed by atoms with Gasteiger partial charge in [-0.25, -0.2) is 0 Å². The van der Waals surface area contributed by atoms with Gasteiger partial charge in [-0.15, -0.1) is 0 Å². The molecule has 0 saturated heterocycles. The maximum absolute atomic E-state index is 11.8. The van der Waals surface area contributed by atoms with Gasteiger partial charge in [0.05, 0.1) is 7.11 Å². The molecule has 0 aliphatic heterocycles. The van der Waals surface area contributed by atoms with Gasteiger partial charge in [0.15, 0.2) is 5.78 Å². The van der Waals surface area contributed by atoms with Crippen LogP contribution in [0.5, 0.6) is 0 Å². The van der Waals surface area contributed by atoms with Crippen molar-refractivity contribution in [3.63, 3.8) is 0 Å². The molecule has 0 aliphatic carbocycles. The normalized spacial score (nSPS) is 12.1. The van der Waals surface area contributed by atoms with E-state index in [9.17, 15) is 14.7 Å². The summed E-state index contributed by atoms with van der Waals surface area (Å²) in [6.07, 6.45) is 12.5. The first-order valence-corrected chi connectivity index (χ1v) is 9.39. The number of unbranched alkanes of at least 4 members (excludes halogenated alkanes) is 9. The summed E-state index contributed by atoms with van der Waals surface area (Å²) < 4.78 is 4.58. The van der Waals surface area contributed by atoms with Crippen molar-refractivity contribution in [2.45, 2.75) is 103 Å². The van der Waals surface area contributed by atoms with Crippen LogP contribution >= 0.6 is 0 Å². The molecule has 0 bridgehead atoms. The number of carbonyl (C=O) groups excluding carboxylic acids is 2. The predicted octanol–water partition coefficient (Wildman–Crippen LogP) is 4.57. The number of hydrogen-bond acceptors (Lipinski definition) is 4. The molecule has 4 heteroatoms. The Morgan fingerprint density at radius 1 is 0.826 bits per heavy atom. The van der Waals surface area contributed by atoms with Crippen LogP contribution in [0.15, 0.2) is 0 Å². The molecule has 0 radical (unpaired) electrons. The fourth-order valence-electron chi connectivity index (χ4n) is 2.65. The molecule has 0 aromatic rings. The zero-order valence-electron chi connectivity index (χ0n) is 15.1. The van der Waals surface area contributed by atoms with Crippen LogP contribution in [0.1, 0.15) is 96.8 Å². The summed E-state index contributed by atoms with van der Waals surface area (Å²) in [6.45, 7) is 2.20. The van der Waals surface area contributed by atoms with Crippen LogP contribution in [0, 0.1) is 0 Å². The SMILES string of the molecule is CCCCCCCC[C@@H](O)C(=O)CCCCCCCC(=O)OC. The van der Waals surface area contributed by atoms with Crippen molar-refractivity contribution in [3.8, 4) is 0 Å². The minimum Gasteiger partial charge on any atom is -0.469 e. The van der Waals surface area contributed by atoms with Gasteiger partial charge in [0.2, 0.25) is 0 Å². The van der Waals surface area contributed by atoms with Crippen molar-refractivity contribution in [2.75, 3.05) is 7.11 Å². The molecule has 0 aliphatic rings. The van der Waals surface area contributed by atoms with Gasteiger partial charge >= 0.3 is 5.97 Å². The number of carbonyl (C=O) groups is 2. The Morgan fingerprint density at radius 3 is 1.96 bits per heavy atom. The fraction of sp³-hybridized carbons (Fsp3) is 0.895. The summed E-state index contributed by atoms with van der Waals surface area (Å²) in [4.78, 5) is 22.7. The fourth-order valence-corrected chi connectivity index (χ4v) is 2.65.